The van der Waals surface area contributed by atoms with E-state index in [0.717, 1.165) is 30.6 Å². The second-order valence-electron chi connectivity index (χ2n) is 5.57. The molecule has 1 fully saturated rings. The summed E-state index contributed by atoms with van der Waals surface area (Å²) in [6.07, 6.45) is 3.27. The van der Waals surface area contributed by atoms with Crippen molar-refractivity contribution in [2.24, 2.45) is 5.92 Å². The maximum atomic E-state index is 11.1. The average Bonchev–Trinajstić information content (AvgIpc) is 2.96. The lowest BCUT2D eigenvalue weighted by molar-refractivity contribution is -0.143. The molecule has 1 aliphatic heterocycles. The Morgan fingerprint density at radius 2 is 2.36 bits per heavy atom. The van der Waals surface area contributed by atoms with Crippen molar-refractivity contribution in [3.63, 3.8) is 0 Å². The molecule has 5 nitrogen and oxygen atoms in total. The minimum atomic E-state index is -0.718. The summed E-state index contributed by atoms with van der Waals surface area (Å²) in [5, 5.41) is 9.76. The van der Waals surface area contributed by atoms with Crippen LogP contribution in [0.2, 0.25) is 5.02 Å². The number of oxazole rings is 1. The Hall–Kier alpha value is -1.85. The molecule has 0 unspecified atom stereocenters. The molecule has 1 saturated heterocycles. The average molecular weight is 321 g/mol. The highest BCUT2D eigenvalue weighted by Crippen LogP contribution is 2.23. The molecule has 116 valence electrons. The Bertz CT molecular complexity index is 671. The quantitative estimate of drug-likeness (QED) is 0.936. The minimum absolute atomic E-state index is 0.284. The first kappa shape index (κ1) is 15.1. The van der Waals surface area contributed by atoms with E-state index in [9.17, 15) is 4.79 Å². The van der Waals surface area contributed by atoms with Gasteiger partial charge in [-0.3, -0.25) is 9.69 Å². The van der Waals surface area contributed by atoms with Gasteiger partial charge in [-0.1, -0.05) is 17.7 Å². The Morgan fingerprint density at radius 3 is 3.14 bits per heavy atom. The van der Waals surface area contributed by atoms with Crippen molar-refractivity contribution in [3.05, 3.63) is 41.2 Å². The number of carboxylic acid groups (broad SMARTS) is 1. The van der Waals surface area contributed by atoms with E-state index in [0.29, 0.717) is 24.0 Å². The summed E-state index contributed by atoms with van der Waals surface area (Å²) >= 11 is 5.97. The highest BCUT2D eigenvalue weighted by molar-refractivity contribution is 6.30. The molecule has 1 aromatic heterocycles. The fourth-order valence-electron chi connectivity index (χ4n) is 2.76. The van der Waals surface area contributed by atoms with Gasteiger partial charge in [0, 0.05) is 23.7 Å². The van der Waals surface area contributed by atoms with Crippen LogP contribution in [0.5, 0.6) is 0 Å². The first-order chi connectivity index (χ1) is 10.6. The van der Waals surface area contributed by atoms with Gasteiger partial charge in [-0.2, -0.15) is 0 Å². The van der Waals surface area contributed by atoms with Crippen molar-refractivity contribution in [1.82, 2.24) is 9.88 Å². The summed E-state index contributed by atoms with van der Waals surface area (Å²) in [5.74, 6) is -0.471. The van der Waals surface area contributed by atoms with Crippen LogP contribution in [0.3, 0.4) is 0 Å². The number of likely N-dealkylation sites (tertiary alicyclic amines) is 1. The smallest absolute Gasteiger partial charge is 0.307 e. The molecule has 0 aliphatic carbocycles. The van der Waals surface area contributed by atoms with Crippen molar-refractivity contribution >= 4 is 17.6 Å². The fraction of sp³-hybridized carbons (Fsp3) is 0.375. The van der Waals surface area contributed by atoms with E-state index >= 15 is 0 Å². The Morgan fingerprint density at radius 1 is 1.50 bits per heavy atom. The van der Waals surface area contributed by atoms with Crippen LogP contribution < -0.4 is 0 Å². The number of benzene rings is 1. The molecular weight excluding hydrogens is 304 g/mol. The van der Waals surface area contributed by atoms with Gasteiger partial charge in [-0.15, -0.1) is 0 Å². The van der Waals surface area contributed by atoms with Gasteiger partial charge in [0.05, 0.1) is 11.6 Å². The van der Waals surface area contributed by atoms with Crippen LogP contribution >= 0.6 is 11.6 Å². The van der Waals surface area contributed by atoms with Gasteiger partial charge in [0.2, 0.25) is 5.89 Å². The number of carboxylic acids is 1. The van der Waals surface area contributed by atoms with Crippen LogP contribution in [0.1, 0.15) is 18.5 Å². The molecule has 3 rings (SSSR count). The number of hydrogen-bond donors (Lipinski definition) is 1. The van der Waals surface area contributed by atoms with Crippen LogP contribution in [0.4, 0.5) is 0 Å². The lowest BCUT2D eigenvalue weighted by Crippen LogP contribution is -2.38. The van der Waals surface area contributed by atoms with Gasteiger partial charge < -0.3 is 9.52 Å². The first-order valence-corrected chi connectivity index (χ1v) is 7.65. The highest BCUT2D eigenvalue weighted by Gasteiger charge is 2.25. The Labute approximate surface area is 133 Å². The topological polar surface area (TPSA) is 66.6 Å². The van der Waals surface area contributed by atoms with Crippen LogP contribution in [0, 0.1) is 5.92 Å². The molecule has 2 aromatic rings. The maximum absolute atomic E-state index is 11.1. The third-order valence-electron chi connectivity index (χ3n) is 3.86. The van der Waals surface area contributed by atoms with Crippen LogP contribution in [-0.4, -0.2) is 34.0 Å². The number of rotatable bonds is 4. The molecule has 1 aromatic carbocycles. The Balaban J connectivity index is 1.68. The molecular formula is C16H17ClN2O3. The number of aliphatic carboxylic acids is 1. The number of aromatic nitrogens is 1. The van der Waals surface area contributed by atoms with E-state index in [1.54, 1.807) is 18.4 Å². The number of piperidine rings is 1. The van der Waals surface area contributed by atoms with E-state index in [-0.39, 0.29) is 5.92 Å². The fourth-order valence-corrected chi connectivity index (χ4v) is 2.95. The first-order valence-electron chi connectivity index (χ1n) is 7.27. The SMILES string of the molecule is O=C(O)[C@@H]1CCCN(Cc2coc(-c3cccc(Cl)c3)n2)C1. The highest BCUT2D eigenvalue weighted by atomic mass is 35.5. The van der Waals surface area contributed by atoms with Gasteiger partial charge in [-0.05, 0) is 37.6 Å². The van der Waals surface area contributed by atoms with Crippen molar-refractivity contribution in [2.75, 3.05) is 13.1 Å². The second kappa shape index (κ2) is 6.50. The molecule has 1 aliphatic rings. The molecule has 0 amide bonds. The van der Waals surface area contributed by atoms with Gasteiger partial charge in [0.15, 0.2) is 0 Å². The predicted octanol–water partition coefficient (Wildman–Crippen LogP) is 3.29. The van der Waals surface area contributed by atoms with Gasteiger partial charge in [-0.25, -0.2) is 4.98 Å². The molecule has 0 bridgehead atoms. The summed E-state index contributed by atoms with van der Waals surface area (Å²) in [5.41, 5.74) is 1.64. The molecule has 0 spiro atoms. The third-order valence-corrected chi connectivity index (χ3v) is 4.10. The number of nitrogens with zero attached hydrogens (tertiary/aromatic N) is 2. The van der Waals surface area contributed by atoms with E-state index in [1.807, 2.05) is 12.1 Å². The lowest BCUT2D eigenvalue weighted by Gasteiger charge is -2.29. The summed E-state index contributed by atoms with van der Waals surface area (Å²) < 4.78 is 5.51. The maximum Gasteiger partial charge on any atom is 0.307 e. The van der Waals surface area contributed by atoms with E-state index in [2.05, 4.69) is 9.88 Å². The van der Waals surface area contributed by atoms with Crippen molar-refractivity contribution < 1.29 is 14.3 Å². The lowest BCUT2D eigenvalue weighted by atomic mass is 9.98. The molecule has 0 saturated carbocycles. The van der Waals surface area contributed by atoms with Crippen LogP contribution in [0.25, 0.3) is 11.5 Å². The molecule has 1 atom stereocenters. The number of carbonyl (C=O) groups is 1. The monoisotopic (exact) mass is 320 g/mol. The largest absolute Gasteiger partial charge is 0.481 e. The van der Waals surface area contributed by atoms with Crippen molar-refractivity contribution in [3.8, 4) is 11.5 Å². The van der Waals surface area contributed by atoms with Gasteiger partial charge in [0.25, 0.3) is 0 Å². The summed E-state index contributed by atoms with van der Waals surface area (Å²) in [6, 6.07) is 7.35. The molecule has 1 N–H and O–H groups in total. The number of hydrogen-bond acceptors (Lipinski definition) is 4. The standard InChI is InChI=1S/C16H17ClN2O3/c17-13-5-1-3-11(7-13)15-18-14(10-22-15)9-19-6-2-4-12(8-19)16(20)21/h1,3,5,7,10,12H,2,4,6,8-9H2,(H,20,21)/t12-/m1/s1. The second-order valence-corrected chi connectivity index (χ2v) is 6.00. The van der Waals surface area contributed by atoms with Crippen molar-refractivity contribution in [1.29, 1.82) is 0 Å². The summed E-state index contributed by atoms with van der Waals surface area (Å²) in [7, 11) is 0. The van der Waals surface area contributed by atoms with Crippen LogP contribution in [-0.2, 0) is 11.3 Å². The zero-order chi connectivity index (χ0) is 15.5. The molecule has 2 heterocycles. The third kappa shape index (κ3) is 3.48. The zero-order valence-electron chi connectivity index (χ0n) is 12.0. The van der Waals surface area contributed by atoms with E-state index in [1.165, 1.54) is 0 Å². The van der Waals surface area contributed by atoms with Gasteiger partial charge in [0.1, 0.15) is 6.26 Å². The normalized spacial score (nSPS) is 19.2. The Kier molecular flexibility index (Phi) is 4.45. The number of halogens is 1. The molecule has 0 radical (unpaired) electrons. The van der Waals surface area contributed by atoms with Crippen LogP contribution in [0.15, 0.2) is 34.9 Å². The summed E-state index contributed by atoms with van der Waals surface area (Å²) in [6.45, 7) is 2.06. The zero-order valence-corrected chi connectivity index (χ0v) is 12.8. The minimum Gasteiger partial charge on any atom is -0.481 e. The molecule has 6 heteroatoms. The predicted molar refractivity (Wildman–Crippen MR) is 82.6 cm³/mol. The van der Waals surface area contributed by atoms with Gasteiger partial charge >= 0.3 is 5.97 Å². The van der Waals surface area contributed by atoms with E-state index in [4.69, 9.17) is 21.1 Å². The summed E-state index contributed by atoms with van der Waals surface area (Å²) in [4.78, 5) is 17.7. The van der Waals surface area contributed by atoms with E-state index < -0.39 is 5.97 Å². The molecule has 22 heavy (non-hydrogen) atoms. The van der Waals surface area contributed by atoms with Crippen molar-refractivity contribution in [2.45, 2.75) is 19.4 Å².